The first kappa shape index (κ1) is 25.1. The van der Waals surface area contributed by atoms with Gasteiger partial charge in [-0.15, -0.1) is 0 Å². The highest BCUT2D eigenvalue weighted by Crippen LogP contribution is 2.36. The lowest BCUT2D eigenvalue weighted by atomic mass is 9.75. The zero-order chi connectivity index (χ0) is 24.3. The average molecular weight is 464 g/mol. The molecule has 0 saturated heterocycles. The van der Waals surface area contributed by atoms with Crippen LogP contribution in [0.25, 0.3) is 0 Å². The number of hydrogen-bond acceptors (Lipinski definition) is 3. The number of halogens is 3. The van der Waals surface area contributed by atoms with Crippen molar-refractivity contribution in [1.29, 1.82) is 0 Å². The molecule has 2 aromatic rings. The Bertz CT molecular complexity index is 1010. The molecule has 33 heavy (non-hydrogen) atoms. The van der Waals surface area contributed by atoms with Gasteiger partial charge in [-0.05, 0) is 54.7 Å². The molecule has 0 aliphatic heterocycles. The van der Waals surface area contributed by atoms with Crippen molar-refractivity contribution < 1.29 is 22.7 Å². The summed E-state index contributed by atoms with van der Waals surface area (Å²) in [7, 11) is 0. The summed E-state index contributed by atoms with van der Waals surface area (Å²) < 4.78 is 45.8. The minimum atomic E-state index is -4.51. The van der Waals surface area contributed by atoms with Crippen LogP contribution in [0.15, 0.2) is 47.4 Å². The van der Waals surface area contributed by atoms with Crippen molar-refractivity contribution in [3.8, 4) is 0 Å². The Kier molecular flexibility index (Phi) is 7.70. The lowest BCUT2D eigenvalue weighted by molar-refractivity contribution is -0.157. The predicted octanol–water partition coefficient (Wildman–Crippen LogP) is 6.02. The number of pyridine rings is 1. The highest BCUT2D eigenvalue weighted by molar-refractivity contribution is 5.77. The fraction of sp³-hybridized carbons (Fsp3) is 0.538. The highest BCUT2D eigenvalue weighted by Gasteiger charge is 2.34. The topological polar surface area (TPSA) is 48.3 Å². The van der Waals surface area contributed by atoms with Crippen LogP contribution in [0.5, 0.6) is 0 Å². The molecule has 0 spiro atoms. The molecule has 1 saturated carbocycles. The smallest absolute Gasteiger partial charge is 0.417 e. The van der Waals surface area contributed by atoms with Gasteiger partial charge in [0.25, 0.3) is 5.56 Å². The predicted molar refractivity (Wildman–Crippen MR) is 121 cm³/mol. The van der Waals surface area contributed by atoms with Gasteiger partial charge in [0.15, 0.2) is 0 Å². The Morgan fingerprint density at radius 1 is 1.09 bits per heavy atom. The number of alkyl halides is 3. The first-order valence-corrected chi connectivity index (χ1v) is 11.5. The Morgan fingerprint density at radius 3 is 2.36 bits per heavy atom. The zero-order valence-corrected chi connectivity index (χ0v) is 19.6. The second kappa shape index (κ2) is 10.1. The van der Waals surface area contributed by atoms with Gasteiger partial charge < -0.3 is 9.30 Å². The molecule has 1 aromatic carbocycles. The molecular weight excluding hydrogens is 431 g/mol. The Morgan fingerprint density at radius 2 is 1.76 bits per heavy atom. The van der Waals surface area contributed by atoms with E-state index in [0.717, 1.165) is 47.7 Å². The van der Waals surface area contributed by atoms with Gasteiger partial charge in [0.2, 0.25) is 0 Å². The third kappa shape index (κ3) is 6.27. The van der Waals surface area contributed by atoms with Crippen LogP contribution in [-0.2, 0) is 22.3 Å². The summed E-state index contributed by atoms with van der Waals surface area (Å²) >= 11 is 0. The van der Waals surface area contributed by atoms with Crippen LogP contribution in [0.4, 0.5) is 13.2 Å². The number of nitrogens with zero attached hydrogens (tertiary/aromatic N) is 1. The molecule has 0 radical (unpaired) electrons. The van der Waals surface area contributed by atoms with Crippen LogP contribution in [-0.4, -0.2) is 16.6 Å². The number of hydrogen-bond donors (Lipinski definition) is 0. The van der Waals surface area contributed by atoms with Crippen molar-refractivity contribution in [2.24, 2.45) is 17.8 Å². The standard InChI is InChI=1S/C26H32F3NO3/c1-16(2)22-11-5-17(3)13-23(22)33-25(32)18(4)20-8-6-19(7-9-20)14-30-15-21(26(27,28)29)10-12-24(30)31/h6-10,12,15-18,22-23H,5,11,13-14H2,1-4H3/t17-,18+,22+,23-/m1/s1. The van der Waals surface area contributed by atoms with Gasteiger partial charge in [-0.1, -0.05) is 51.5 Å². The van der Waals surface area contributed by atoms with Crippen molar-refractivity contribution in [2.75, 3.05) is 0 Å². The molecule has 1 fully saturated rings. The summed E-state index contributed by atoms with van der Waals surface area (Å²) in [5, 5.41) is 0. The minimum Gasteiger partial charge on any atom is -0.462 e. The molecule has 1 aromatic heterocycles. The van der Waals surface area contributed by atoms with E-state index in [0.29, 0.717) is 23.3 Å². The lowest BCUT2D eigenvalue weighted by Crippen LogP contribution is -2.36. The van der Waals surface area contributed by atoms with Crippen molar-refractivity contribution in [3.05, 3.63) is 69.6 Å². The van der Waals surface area contributed by atoms with E-state index in [1.165, 1.54) is 0 Å². The Balaban J connectivity index is 1.68. The lowest BCUT2D eigenvalue weighted by Gasteiger charge is -2.37. The molecule has 4 nitrogen and oxygen atoms in total. The van der Waals surface area contributed by atoms with E-state index in [1.807, 2.05) is 0 Å². The number of carbonyl (C=O) groups excluding carboxylic acids is 1. The summed E-state index contributed by atoms with van der Waals surface area (Å²) in [4.78, 5) is 24.9. The van der Waals surface area contributed by atoms with E-state index in [9.17, 15) is 22.8 Å². The van der Waals surface area contributed by atoms with E-state index >= 15 is 0 Å². The summed E-state index contributed by atoms with van der Waals surface area (Å²) in [5.74, 6) is 0.628. The number of esters is 1. The largest absolute Gasteiger partial charge is 0.462 e. The summed E-state index contributed by atoms with van der Waals surface area (Å²) in [6.07, 6.45) is -0.661. The highest BCUT2D eigenvalue weighted by atomic mass is 19.4. The van der Waals surface area contributed by atoms with Gasteiger partial charge >= 0.3 is 12.1 Å². The summed E-state index contributed by atoms with van der Waals surface area (Å²) in [5.41, 5.74) is 0.0593. The van der Waals surface area contributed by atoms with Crippen LogP contribution in [0.1, 0.15) is 69.6 Å². The number of aromatic nitrogens is 1. The quantitative estimate of drug-likeness (QED) is 0.492. The maximum absolute atomic E-state index is 13.0. The van der Waals surface area contributed by atoms with Gasteiger partial charge in [0.1, 0.15) is 6.10 Å². The first-order valence-electron chi connectivity index (χ1n) is 11.5. The van der Waals surface area contributed by atoms with Gasteiger partial charge in [-0.25, -0.2) is 0 Å². The van der Waals surface area contributed by atoms with Crippen LogP contribution >= 0.6 is 0 Å². The van der Waals surface area contributed by atoms with E-state index in [4.69, 9.17) is 4.74 Å². The van der Waals surface area contributed by atoms with Crippen molar-refractivity contribution >= 4 is 5.97 Å². The summed E-state index contributed by atoms with van der Waals surface area (Å²) in [6.45, 7) is 8.33. The SMILES string of the molecule is CC(C)[C@@H]1CC[C@@H](C)C[C@H]1OC(=O)[C@@H](C)c1ccc(Cn2cc(C(F)(F)F)ccc2=O)cc1. The number of rotatable bonds is 6. The molecule has 180 valence electrons. The molecule has 1 heterocycles. The molecule has 0 N–H and O–H groups in total. The third-order valence-electron chi connectivity index (χ3n) is 6.73. The van der Waals surface area contributed by atoms with Gasteiger partial charge in [-0.3, -0.25) is 9.59 Å². The molecule has 3 rings (SSSR count). The van der Waals surface area contributed by atoms with E-state index in [2.05, 4.69) is 20.8 Å². The number of benzene rings is 1. The second-order valence-electron chi connectivity index (χ2n) is 9.65. The third-order valence-corrected chi connectivity index (χ3v) is 6.73. The maximum atomic E-state index is 13.0. The van der Waals surface area contributed by atoms with Crippen LogP contribution < -0.4 is 5.56 Å². The van der Waals surface area contributed by atoms with Gasteiger partial charge in [0, 0.05) is 12.3 Å². The second-order valence-corrected chi connectivity index (χ2v) is 9.65. The number of ether oxygens (including phenoxy) is 1. The van der Waals surface area contributed by atoms with Gasteiger partial charge in [-0.2, -0.15) is 13.2 Å². The number of carbonyl (C=O) groups is 1. The maximum Gasteiger partial charge on any atom is 0.417 e. The minimum absolute atomic E-state index is 0.0118. The monoisotopic (exact) mass is 463 g/mol. The molecule has 1 aliphatic rings. The molecule has 0 bridgehead atoms. The van der Waals surface area contributed by atoms with Gasteiger partial charge in [0.05, 0.1) is 18.0 Å². The molecular formula is C26H32F3NO3. The zero-order valence-electron chi connectivity index (χ0n) is 19.6. The molecule has 4 atom stereocenters. The van der Waals surface area contributed by atoms with Crippen LogP contribution in [0.2, 0.25) is 0 Å². The fourth-order valence-corrected chi connectivity index (χ4v) is 4.57. The first-order chi connectivity index (χ1) is 15.5. The van der Waals surface area contributed by atoms with Crippen LogP contribution in [0.3, 0.4) is 0 Å². The van der Waals surface area contributed by atoms with Crippen molar-refractivity contribution in [1.82, 2.24) is 4.57 Å². The average Bonchev–Trinajstić information content (AvgIpc) is 2.74. The van der Waals surface area contributed by atoms with E-state index < -0.39 is 23.2 Å². The van der Waals surface area contributed by atoms with Crippen LogP contribution in [0, 0.1) is 17.8 Å². The normalized spacial score (nSPS) is 22.2. The van der Waals surface area contributed by atoms with Crippen molar-refractivity contribution in [3.63, 3.8) is 0 Å². The molecule has 0 amide bonds. The van der Waals surface area contributed by atoms with Crippen molar-refractivity contribution in [2.45, 2.75) is 71.7 Å². The molecule has 7 heteroatoms. The van der Waals surface area contributed by atoms with E-state index in [1.54, 1.807) is 31.2 Å². The fourth-order valence-electron chi connectivity index (χ4n) is 4.57. The Hall–Kier alpha value is -2.57. The van der Waals surface area contributed by atoms with E-state index in [-0.39, 0.29) is 18.6 Å². The summed E-state index contributed by atoms with van der Waals surface area (Å²) in [6, 6.07) is 8.70. The molecule has 0 unspecified atom stereocenters. The Labute approximate surface area is 192 Å². The molecule has 1 aliphatic carbocycles.